The zero-order valence-corrected chi connectivity index (χ0v) is 13.1. The van der Waals surface area contributed by atoms with Crippen LogP contribution in [0.15, 0.2) is 40.2 Å². The third-order valence-electron chi connectivity index (χ3n) is 3.06. The molecule has 1 aromatic carbocycles. The van der Waals surface area contributed by atoms with Gasteiger partial charge in [-0.2, -0.15) is 0 Å². The molecular formula is C15H18BrNS. The number of halogens is 1. The van der Waals surface area contributed by atoms with E-state index in [0.29, 0.717) is 6.04 Å². The van der Waals surface area contributed by atoms with Gasteiger partial charge in [0.2, 0.25) is 0 Å². The zero-order valence-electron chi connectivity index (χ0n) is 10.7. The van der Waals surface area contributed by atoms with Crippen LogP contribution >= 0.6 is 27.3 Å². The van der Waals surface area contributed by atoms with E-state index in [4.69, 9.17) is 0 Å². The number of hydrogen-bond acceptors (Lipinski definition) is 2. The zero-order chi connectivity index (χ0) is 13.0. The smallest absolute Gasteiger partial charge is 0.0701 e. The SMILES string of the molecule is CCc1ccc(CNC(C)c2ccc(Br)s2)cc1. The molecule has 3 heteroatoms. The van der Waals surface area contributed by atoms with Crippen LogP contribution in [-0.4, -0.2) is 0 Å². The number of aryl methyl sites for hydroxylation is 1. The summed E-state index contributed by atoms with van der Waals surface area (Å²) >= 11 is 5.29. The summed E-state index contributed by atoms with van der Waals surface area (Å²) < 4.78 is 1.19. The molecule has 1 nitrogen and oxygen atoms in total. The van der Waals surface area contributed by atoms with E-state index in [-0.39, 0.29) is 0 Å². The minimum Gasteiger partial charge on any atom is -0.305 e. The van der Waals surface area contributed by atoms with Gasteiger partial charge >= 0.3 is 0 Å². The van der Waals surface area contributed by atoms with Gasteiger partial charge in [0.25, 0.3) is 0 Å². The highest BCUT2D eigenvalue weighted by Gasteiger charge is 2.07. The quantitative estimate of drug-likeness (QED) is 0.823. The summed E-state index contributed by atoms with van der Waals surface area (Å²) in [5, 5.41) is 3.56. The first kappa shape index (κ1) is 13.8. The van der Waals surface area contributed by atoms with Crippen molar-refractivity contribution in [2.75, 3.05) is 0 Å². The summed E-state index contributed by atoms with van der Waals surface area (Å²) in [6, 6.07) is 13.5. The van der Waals surface area contributed by atoms with E-state index < -0.39 is 0 Å². The molecule has 0 aliphatic carbocycles. The van der Waals surface area contributed by atoms with Gasteiger partial charge in [0.15, 0.2) is 0 Å². The van der Waals surface area contributed by atoms with Crippen LogP contribution in [0, 0.1) is 0 Å². The number of rotatable bonds is 5. The molecule has 1 heterocycles. The molecule has 96 valence electrons. The van der Waals surface area contributed by atoms with Gasteiger partial charge in [-0.25, -0.2) is 0 Å². The highest BCUT2D eigenvalue weighted by atomic mass is 79.9. The lowest BCUT2D eigenvalue weighted by molar-refractivity contribution is 0.583. The maximum absolute atomic E-state index is 3.56. The van der Waals surface area contributed by atoms with Crippen LogP contribution in [0.25, 0.3) is 0 Å². The summed E-state index contributed by atoms with van der Waals surface area (Å²) in [5.74, 6) is 0. The van der Waals surface area contributed by atoms with Gasteiger partial charge in [0.05, 0.1) is 3.79 Å². The van der Waals surface area contributed by atoms with Crippen molar-refractivity contribution in [2.45, 2.75) is 32.9 Å². The van der Waals surface area contributed by atoms with Crippen molar-refractivity contribution in [1.82, 2.24) is 5.32 Å². The van der Waals surface area contributed by atoms with Crippen molar-refractivity contribution in [3.8, 4) is 0 Å². The van der Waals surface area contributed by atoms with Gasteiger partial charge in [-0.05, 0) is 52.5 Å². The predicted octanol–water partition coefficient (Wildman–Crippen LogP) is 4.92. The lowest BCUT2D eigenvalue weighted by Gasteiger charge is -2.12. The number of thiophene rings is 1. The van der Waals surface area contributed by atoms with E-state index in [9.17, 15) is 0 Å². The van der Waals surface area contributed by atoms with Gasteiger partial charge in [-0.15, -0.1) is 11.3 Å². The second-order valence-electron chi connectivity index (χ2n) is 4.41. The Morgan fingerprint density at radius 3 is 2.33 bits per heavy atom. The molecule has 0 saturated carbocycles. The average molecular weight is 324 g/mol. The van der Waals surface area contributed by atoms with E-state index in [1.165, 1.54) is 19.8 Å². The Hall–Kier alpha value is -0.640. The Morgan fingerprint density at radius 1 is 1.11 bits per heavy atom. The van der Waals surface area contributed by atoms with Gasteiger partial charge in [-0.1, -0.05) is 31.2 Å². The first-order valence-electron chi connectivity index (χ1n) is 6.25. The summed E-state index contributed by atoms with van der Waals surface area (Å²) in [5.41, 5.74) is 2.74. The van der Waals surface area contributed by atoms with Crippen molar-refractivity contribution in [3.05, 3.63) is 56.2 Å². The average Bonchev–Trinajstić information content (AvgIpc) is 2.83. The minimum atomic E-state index is 0.396. The number of nitrogens with one attached hydrogen (secondary N) is 1. The van der Waals surface area contributed by atoms with Crippen molar-refractivity contribution >= 4 is 27.3 Å². The predicted molar refractivity (Wildman–Crippen MR) is 83.1 cm³/mol. The van der Waals surface area contributed by atoms with Crippen LogP contribution < -0.4 is 5.32 Å². The Kier molecular flexibility index (Phi) is 4.98. The van der Waals surface area contributed by atoms with Crippen molar-refractivity contribution in [3.63, 3.8) is 0 Å². The Bertz CT molecular complexity index is 489. The van der Waals surface area contributed by atoms with Crippen LogP contribution in [0.4, 0.5) is 0 Å². The molecule has 1 atom stereocenters. The highest BCUT2D eigenvalue weighted by Crippen LogP contribution is 2.27. The van der Waals surface area contributed by atoms with E-state index in [2.05, 4.69) is 71.5 Å². The van der Waals surface area contributed by atoms with Crippen molar-refractivity contribution in [1.29, 1.82) is 0 Å². The van der Waals surface area contributed by atoms with Crippen LogP contribution in [0.2, 0.25) is 0 Å². The monoisotopic (exact) mass is 323 g/mol. The van der Waals surface area contributed by atoms with Gasteiger partial charge in [0.1, 0.15) is 0 Å². The molecule has 0 spiro atoms. The standard InChI is InChI=1S/C15H18BrNS/c1-3-12-4-6-13(7-5-12)10-17-11(2)14-8-9-15(16)18-14/h4-9,11,17H,3,10H2,1-2H3. The summed E-state index contributed by atoms with van der Waals surface area (Å²) in [6.07, 6.45) is 1.10. The van der Waals surface area contributed by atoms with Crippen LogP contribution in [-0.2, 0) is 13.0 Å². The van der Waals surface area contributed by atoms with E-state index in [0.717, 1.165) is 13.0 Å². The summed E-state index contributed by atoms with van der Waals surface area (Å²) in [4.78, 5) is 1.37. The van der Waals surface area contributed by atoms with Crippen molar-refractivity contribution < 1.29 is 0 Å². The Labute approximate surface area is 121 Å². The minimum absolute atomic E-state index is 0.396. The molecule has 0 fully saturated rings. The molecule has 0 saturated heterocycles. The number of benzene rings is 1. The fraction of sp³-hybridized carbons (Fsp3) is 0.333. The molecule has 2 rings (SSSR count). The second kappa shape index (κ2) is 6.50. The van der Waals surface area contributed by atoms with Crippen LogP contribution in [0.3, 0.4) is 0 Å². The lowest BCUT2D eigenvalue weighted by atomic mass is 10.1. The molecule has 0 amide bonds. The lowest BCUT2D eigenvalue weighted by Crippen LogP contribution is -2.17. The third kappa shape index (κ3) is 3.67. The molecular weight excluding hydrogens is 306 g/mol. The largest absolute Gasteiger partial charge is 0.305 e. The highest BCUT2D eigenvalue weighted by molar-refractivity contribution is 9.11. The molecule has 2 aromatic rings. The number of hydrogen-bond donors (Lipinski definition) is 1. The van der Waals surface area contributed by atoms with Crippen molar-refractivity contribution in [2.24, 2.45) is 0 Å². The fourth-order valence-corrected chi connectivity index (χ4v) is 3.28. The van der Waals surface area contributed by atoms with Gasteiger partial charge < -0.3 is 5.32 Å². The van der Waals surface area contributed by atoms with Gasteiger partial charge in [-0.3, -0.25) is 0 Å². The molecule has 18 heavy (non-hydrogen) atoms. The van der Waals surface area contributed by atoms with Crippen LogP contribution in [0.5, 0.6) is 0 Å². The van der Waals surface area contributed by atoms with E-state index in [1.54, 1.807) is 11.3 Å². The first-order valence-corrected chi connectivity index (χ1v) is 7.86. The van der Waals surface area contributed by atoms with E-state index >= 15 is 0 Å². The van der Waals surface area contributed by atoms with E-state index in [1.807, 2.05) is 0 Å². The molecule has 1 unspecified atom stereocenters. The molecule has 0 bridgehead atoms. The normalized spacial score (nSPS) is 12.6. The fourth-order valence-electron chi connectivity index (χ4n) is 1.83. The summed E-state index contributed by atoms with van der Waals surface area (Å²) in [7, 11) is 0. The van der Waals surface area contributed by atoms with Crippen LogP contribution in [0.1, 0.15) is 35.9 Å². The molecule has 1 aromatic heterocycles. The summed E-state index contributed by atoms with van der Waals surface area (Å²) in [6.45, 7) is 5.31. The molecule has 1 N–H and O–H groups in total. The maximum Gasteiger partial charge on any atom is 0.0701 e. The Balaban J connectivity index is 1.90. The third-order valence-corrected chi connectivity index (χ3v) is 4.87. The topological polar surface area (TPSA) is 12.0 Å². The maximum atomic E-state index is 3.56. The van der Waals surface area contributed by atoms with Gasteiger partial charge in [0, 0.05) is 17.5 Å². The Morgan fingerprint density at radius 2 is 1.78 bits per heavy atom. The molecule has 0 aliphatic rings. The molecule has 0 aliphatic heterocycles. The first-order chi connectivity index (χ1) is 8.69. The second-order valence-corrected chi connectivity index (χ2v) is 6.91. The molecule has 0 radical (unpaired) electrons.